The van der Waals surface area contributed by atoms with Crippen LogP contribution in [0.1, 0.15) is 33.9 Å². The monoisotopic (exact) mass is 444 g/mol. The molecular weight excluding hydrogens is 416 g/mol. The van der Waals surface area contributed by atoms with Crippen LogP contribution in [0.25, 0.3) is 10.8 Å². The van der Waals surface area contributed by atoms with Crippen molar-refractivity contribution in [2.45, 2.75) is 18.9 Å². The van der Waals surface area contributed by atoms with Gasteiger partial charge in [0, 0.05) is 30.6 Å². The molecule has 1 fully saturated rings. The molecule has 0 bridgehead atoms. The molecule has 1 unspecified atom stereocenters. The van der Waals surface area contributed by atoms with Crippen LogP contribution < -0.4 is 10.1 Å². The summed E-state index contributed by atoms with van der Waals surface area (Å²) in [5, 5.41) is 4.52. The van der Waals surface area contributed by atoms with E-state index in [4.69, 9.17) is 9.47 Å². The number of hydrogen-bond donors (Lipinski definition) is 1. The summed E-state index contributed by atoms with van der Waals surface area (Å²) in [7, 11) is 0. The fourth-order valence-electron chi connectivity index (χ4n) is 4.76. The first-order chi connectivity index (χ1) is 16.2. The second kappa shape index (κ2) is 9.73. The van der Waals surface area contributed by atoms with Crippen molar-refractivity contribution in [3.63, 3.8) is 0 Å². The Kier molecular flexibility index (Phi) is 6.37. The van der Waals surface area contributed by atoms with Crippen LogP contribution in [0.2, 0.25) is 0 Å². The highest BCUT2D eigenvalue weighted by Crippen LogP contribution is 2.32. The molecule has 5 rings (SSSR count). The van der Waals surface area contributed by atoms with E-state index in [9.17, 15) is 9.59 Å². The molecule has 0 radical (unpaired) electrons. The van der Waals surface area contributed by atoms with Gasteiger partial charge < -0.3 is 14.8 Å². The van der Waals surface area contributed by atoms with Gasteiger partial charge in [0.25, 0.3) is 11.7 Å². The third kappa shape index (κ3) is 4.63. The molecule has 1 aliphatic heterocycles. The Bertz CT molecular complexity index is 1170. The normalized spacial score (nSPS) is 18.1. The fraction of sp³-hybridized carbons (Fsp3) is 0.333. The van der Waals surface area contributed by atoms with E-state index < -0.39 is 11.7 Å². The van der Waals surface area contributed by atoms with Gasteiger partial charge in [-0.25, -0.2) is 0 Å². The van der Waals surface area contributed by atoms with Crippen LogP contribution in [-0.2, 0) is 16.0 Å². The number of amides is 1. The van der Waals surface area contributed by atoms with E-state index in [-0.39, 0.29) is 6.04 Å². The average Bonchev–Trinajstić information content (AvgIpc) is 3.27. The van der Waals surface area contributed by atoms with E-state index in [1.165, 1.54) is 5.56 Å². The highest BCUT2D eigenvalue weighted by molar-refractivity contribution is 6.45. The van der Waals surface area contributed by atoms with Gasteiger partial charge in [-0.1, -0.05) is 48.5 Å². The zero-order chi connectivity index (χ0) is 22.6. The zero-order valence-electron chi connectivity index (χ0n) is 18.6. The van der Waals surface area contributed by atoms with Gasteiger partial charge in [-0.2, -0.15) is 0 Å². The van der Waals surface area contributed by atoms with E-state index in [2.05, 4.69) is 16.3 Å². The second-order valence-electron chi connectivity index (χ2n) is 8.55. The number of carbonyl (C=O) groups is 2. The fourth-order valence-corrected chi connectivity index (χ4v) is 4.76. The number of carbonyl (C=O) groups excluding carboxylic acids is 2. The topological polar surface area (TPSA) is 67.9 Å². The number of hydrogen-bond acceptors (Lipinski definition) is 5. The molecule has 1 saturated heterocycles. The summed E-state index contributed by atoms with van der Waals surface area (Å²) in [5.41, 5.74) is 2.74. The van der Waals surface area contributed by atoms with E-state index in [0.29, 0.717) is 12.2 Å². The smallest absolute Gasteiger partial charge is 0.292 e. The summed E-state index contributed by atoms with van der Waals surface area (Å²) >= 11 is 0. The first kappa shape index (κ1) is 21.6. The third-order valence-electron chi connectivity index (χ3n) is 6.54. The molecule has 3 aromatic rings. The van der Waals surface area contributed by atoms with Crippen molar-refractivity contribution in [2.24, 2.45) is 0 Å². The zero-order valence-corrected chi connectivity index (χ0v) is 18.6. The summed E-state index contributed by atoms with van der Waals surface area (Å²) in [6.45, 7) is 4.72. The molecule has 6 heteroatoms. The van der Waals surface area contributed by atoms with Crippen LogP contribution in [0.4, 0.5) is 0 Å². The average molecular weight is 445 g/mol. The van der Waals surface area contributed by atoms with Crippen LogP contribution in [0.15, 0.2) is 60.7 Å². The van der Waals surface area contributed by atoms with Gasteiger partial charge in [0.15, 0.2) is 0 Å². The number of Topliss-reactive ketones (excluding diaryl/α,β-unsaturated/α-hetero) is 1. The molecule has 0 saturated carbocycles. The number of fused-ring (bicyclic) bond motifs is 2. The van der Waals surface area contributed by atoms with Crippen LogP contribution in [0.5, 0.6) is 5.75 Å². The molecule has 1 atom stereocenters. The lowest BCUT2D eigenvalue weighted by Crippen LogP contribution is -2.38. The molecule has 6 nitrogen and oxygen atoms in total. The number of ketones is 1. The van der Waals surface area contributed by atoms with Crippen LogP contribution >= 0.6 is 0 Å². The van der Waals surface area contributed by atoms with Crippen molar-refractivity contribution < 1.29 is 19.1 Å². The van der Waals surface area contributed by atoms with E-state index >= 15 is 0 Å². The molecule has 1 amide bonds. The number of nitrogens with one attached hydrogen (secondary N) is 1. The first-order valence-electron chi connectivity index (χ1n) is 11.6. The number of aryl methyl sites for hydroxylation is 1. The second-order valence-corrected chi connectivity index (χ2v) is 8.55. The van der Waals surface area contributed by atoms with Crippen molar-refractivity contribution in [3.8, 4) is 5.75 Å². The highest BCUT2D eigenvalue weighted by atomic mass is 16.5. The number of benzene rings is 3. The molecule has 3 aromatic carbocycles. The summed E-state index contributed by atoms with van der Waals surface area (Å²) in [4.78, 5) is 28.3. The standard InChI is InChI=1S/C27H28N2O4/c30-26(27(31)28-24-11-9-19-5-1-2-6-20(19)24)23-10-12-25(22-8-4-3-7-21(22)23)33-18-15-29-13-16-32-17-14-29/h1-8,10,12,24H,9,11,13-18H2,(H,28,31). The molecule has 1 N–H and O–H groups in total. The Hall–Kier alpha value is -3.22. The van der Waals surface area contributed by atoms with Crippen molar-refractivity contribution in [3.05, 3.63) is 77.4 Å². The number of morpholine rings is 1. The summed E-state index contributed by atoms with van der Waals surface area (Å²) in [6.07, 6.45) is 1.73. The Balaban J connectivity index is 1.30. The maximum absolute atomic E-state index is 13.1. The maximum Gasteiger partial charge on any atom is 0.292 e. The Morgan fingerprint density at radius 2 is 1.73 bits per heavy atom. The van der Waals surface area contributed by atoms with Gasteiger partial charge in [-0.15, -0.1) is 0 Å². The van der Waals surface area contributed by atoms with Gasteiger partial charge >= 0.3 is 0 Å². The number of nitrogens with zero attached hydrogens (tertiary/aromatic N) is 1. The Morgan fingerprint density at radius 3 is 2.58 bits per heavy atom. The van der Waals surface area contributed by atoms with Crippen molar-refractivity contribution >= 4 is 22.5 Å². The van der Waals surface area contributed by atoms with Gasteiger partial charge in [-0.3, -0.25) is 14.5 Å². The van der Waals surface area contributed by atoms with Crippen LogP contribution in [0, 0.1) is 0 Å². The van der Waals surface area contributed by atoms with Gasteiger partial charge in [0.2, 0.25) is 0 Å². The Morgan fingerprint density at radius 1 is 0.970 bits per heavy atom. The lowest BCUT2D eigenvalue weighted by atomic mass is 9.99. The molecule has 0 aromatic heterocycles. The van der Waals surface area contributed by atoms with Crippen LogP contribution in [0.3, 0.4) is 0 Å². The third-order valence-corrected chi connectivity index (χ3v) is 6.54. The van der Waals surface area contributed by atoms with E-state index in [1.54, 1.807) is 12.1 Å². The number of rotatable bonds is 7. The maximum atomic E-state index is 13.1. The summed E-state index contributed by atoms with van der Waals surface area (Å²) in [6, 6.07) is 19.1. The lowest BCUT2D eigenvalue weighted by Gasteiger charge is -2.26. The molecule has 1 heterocycles. The largest absolute Gasteiger partial charge is 0.492 e. The molecular formula is C27H28N2O4. The number of ether oxygens (including phenoxy) is 2. The lowest BCUT2D eigenvalue weighted by molar-refractivity contribution is -0.117. The van der Waals surface area contributed by atoms with Crippen molar-refractivity contribution in [2.75, 3.05) is 39.5 Å². The van der Waals surface area contributed by atoms with E-state index in [1.807, 2.05) is 42.5 Å². The molecule has 33 heavy (non-hydrogen) atoms. The minimum absolute atomic E-state index is 0.119. The van der Waals surface area contributed by atoms with Gasteiger partial charge in [-0.05, 0) is 41.5 Å². The predicted octanol–water partition coefficient (Wildman–Crippen LogP) is 3.54. The Labute approximate surface area is 193 Å². The summed E-state index contributed by atoms with van der Waals surface area (Å²) in [5.74, 6) is -0.362. The molecule has 1 aliphatic carbocycles. The first-order valence-corrected chi connectivity index (χ1v) is 11.6. The van der Waals surface area contributed by atoms with Gasteiger partial charge in [0.05, 0.1) is 19.3 Å². The predicted molar refractivity (Wildman–Crippen MR) is 127 cm³/mol. The van der Waals surface area contributed by atoms with Crippen molar-refractivity contribution in [1.29, 1.82) is 0 Å². The van der Waals surface area contributed by atoms with Crippen molar-refractivity contribution in [1.82, 2.24) is 10.2 Å². The summed E-state index contributed by atoms with van der Waals surface area (Å²) < 4.78 is 11.5. The quantitative estimate of drug-likeness (QED) is 0.446. The minimum Gasteiger partial charge on any atom is -0.492 e. The highest BCUT2D eigenvalue weighted by Gasteiger charge is 2.27. The minimum atomic E-state index is -0.567. The van der Waals surface area contributed by atoms with Crippen LogP contribution in [-0.4, -0.2) is 56.0 Å². The van der Waals surface area contributed by atoms with Gasteiger partial charge in [0.1, 0.15) is 12.4 Å². The SMILES string of the molecule is O=C(NC1CCc2ccccc21)C(=O)c1ccc(OCCN2CCOCC2)c2ccccc12. The molecule has 2 aliphatic rings. The van der Waals surface area contributed by atoms with E-state index in [0.717, 1.165) is 67.8 Å². The molecule has 0 spiro atoms. The molecule has 170 valence electrons.